The van der Waals surface area contributed by atoms with Crippen molar-refractivity contribution in [1.29, 1.82) is 0 Å². The molecule has 5 rings (SSSR count). The predicted molar refractivity (Wildman–Crippen MR) is 192 cm³/mol. The van der Waals surface area contributed by atoms with Crippen molar-refractivity contribution in [3.05, 3.63) is 77.1 Å². The van der Waals surface area contributed by atoms with Gasteiger partial charge in [0.2, 0.25) is 5.91 Å². The number of unbranched alkanes of at least 4 members (excludes halogenated alkanes) is 2. The highest BCUT2D eigenvalue weighted by atomic mass is 35.5. The van der Waals surface area contributed by atoms with Gasteiger partial charge in [0.25, 0.3) is 0 Å². The summed E-state index contributed by atoms with van der Waals surface area (Å²) in [7, 11) is 0. The molecule has 9 nitrogen and oxygen atoms in total. The second-order valence-corrected chi connectivity index (χ2v) is 15.0. The number of thioether (sulfide) groups is 1. The highest BCUT2D eigenvalue weighted by Crippen LogP contribution is 2.55. The van der Waals surface area contributed by atoms with Crippen LogP contribution in [0.1, 0.15) is 69.4 Å². The summed E-state index contributed by atoms with van der Waals surface area (Å²) >= 11 is 8.49. The topological polar surface area (TPSA) is 144 Å². The molecule has 0 bridgehead atoms. The molecule has 2 aliphatic carbocycles. The largest absolute Gasteiger partial charge is 0.490 e. The first-order chi connectivity index (χ1) is 23.6. The minimum atomic E-state index is -1.72. The lowest BCUT2D eigenvalue weighted by Gasteiger charge is -2.30. The van der Waals surface area contributed by atoms with Crippen LogP contribution in [0.5, 0.6) is 5.75 Å². The van der Waals surface area contributed by atoms with Gasteiger partial charge in [-0.15, -0.1) is 11.8 Å². The average Bonchev–Trinajstić information content (AvgIpc) is 4.06. The molecule has 2 aliphatic rings. The summed E-state index contributed by atoms with van der Waals surface area (Å²) in [5, 5.41) is 49.5. The molecule has 49 heavy (non-hydrogen) atoms. The first-order valence-electron chi connectivity index (χ1n) is 17.3. The van der Waals surface area contributed by atoms with Crippen LogP contribution in [0.4, 0.5) is 0 Å². The van der Waals surface area contributed by atoms with Gasteiger partial charge >= 0.3 is 0 Å². The normalized spacial score (nSPS) is 17.6. The number of amides is 1. The number of rotatable bonds is 20. The maximum Gasteiger partial charge on any atom is 0.219 e. The van der Waals surface area contributed by atoms with Gasteiger partial charge in [0.05, 0.1) is 12.7 Å². The van der Waals surface area contributed by atoms with E-state index in [1.165, 1.54) is 27.8 Å². The van der Waals surface area contributed by atoms with Crippen LogP contribution in [0.15, 0.2) is 65.8 Å². The monoisotopic (exact) mass is 712 g/mol. The van der Waals surface area contributed by atoms with Gasteiger partial charge in [-0.2, -0.15) is 0 Å². The second-order valence-electron chi connectivity index (χ2n) is 13.4. The molecule has 11 heteroatoms. The van der Waals surface area contributed by atoms with Gasteiger partial charge in [0.1, 0.15) is 30.2 Å². The number of hydrogen-bond acceptors (Lipinski definition) is 9. The predicted octanol–water partition coefficient (Wildman–Crippen LogP) is 5.15. The van der Waals surface area contributed by atoms with Gasteiger partial charge in [-0.05, 0) is 110 Å². The number of ether oxygens (including phenoxy) is 1. The molecule has 0 aliphatic heterocycles. The van der Waals surface area contributed by atoms with Crippen LogP contribution in [0, 0.1) is 0 Å². The number of aliphatic hydroxyl groups is 5. The number of nitrogens with zero attached hydrogens (tertiary/aromatic N) is 2. The van der Waals surface area contributed by atoms with Crippen molar-refractivity contribution in [2.24, 2.45) is 0 Å². The molecule has 0 radical (unpaired) electrons. The molecule has 2 aromatic carbocycles. The molecule has 266 valence electrons. The van der Waals surface area contributed by atoms with Crippen molar-refractivity contribution < 1.29 is 35.1 Å². The van der Waals surface area contributed by atoms with E-state index in [4.69, 9.17) is 21.4 Å². The van der Waals surface area contributed by atoms with Crippen LogP contribution < -0.4 is 4.74 Å². The van der Waals surface area contributed by atoms with Gasteiger partial charge < -0.3 is 35.2 Å². The molecule has 3 aromatic rings. The zero-order chi connectivity index (χ0) is 35.0. The summed E-state index contributed by atoms with van der Waals surface area (Å²) in [5.41, 5.74) is 4.85. The number of benzene rings is 2. The van der Waals surface area contributed by atoms with Crippen LogP contribution >= 0.6 is 23.4 Å². The Morgan fingerprint density at radius 1 is 1.02 bits per heavy atom. The molecule has 2 fully saturated rings. The number of aromatic nitrogens is 1. The van der Waals surface area contributed by atoms with E-state index in [0.717, 1.165) is 79.0 Å². The molecule has 2 saturated carbocycles. The molecule has 1 aromatic heterocycles. The first kappa shape index (κ1) is 37.6. The van der Waals surface area contributed by atoms with Crippen molar-refractivity contribution in [3.8, 4) is 16.9 Å². The number of carbonyl (C=O) groups excluding carboxylic acids is 1. The number of pyridine rings is 1. The van der Waals surface area contributed by atoms with E-state index in [1.54, 1.807) is 11.8 Å². The number of hydrogen-bond donors (Lipinski definition) is 5. The third kappa shape index (κ3) is 10.2. The number of aryl methyl sites for hydroxylation is 1. The fourth-order valence-electron chi connectivity index (χ4n) is 6.27. The number of halogens is 1. The minimum absolute atomic E-state index is 0.0745. The highest BCUT2D eigenvalue weighted by Gasteiger charge is 2.45. The Morgan fingerprint density at radius 2 is 1.78 bits per heavy atom. The van der Waals surface area contributed by atoms with E-state index in [1.807, 2.05) is 24.5 Å². The molecule has 4 atom stereocenters. The summed E-state index contributed by atoms with van der Waals surface area (Å²) in [6.45, 7) is 0.848. The average molecular weight is 713 g/mol. The van der Waals surface area contributed by atoms with Crippen molar-refractivity contribution in [3.63, 3.8) is 0 Å². The standard InChI is InChI=1S/C38H49ClN2O7S/c1-25(43)41(23-33(44)36(46)37(47)34(45)24-42)19-5-2-6-20-49-28-11-12-32(39)26(21-28)13-15-38(16-17-38)31-22-40-18-14-29(31)30-7-3-4-8-35(30)48-27-9-10-27/h3-4,7-8,11-12,14,18,21-22,27,33-34,36-37,42,44-47H,2,5-6,9-10,13,15-17,19-20,23-24H2,1H3/t33-,34+,36+,37+/m0/s1. The van der Waals surface area contributed by atoms with Crippen LogP contribution in [-0.4, -0.2) is 97.3 Å². The Hall–Kier alpha value is -2.70. The van der Waals surface area contributed by atoms with E-state index in [9.17, 15) is 25.2 Å². The summed E-state index contributed by atoms with van der Waals surface area (Å²) in [5.74, 6) is 1.59. The quantitative estimate of drug-likeness (QED) is 0.0794. The summed E-state index contributed by atoms with van der Waals surface area (Å²) in [4.78, 5) is 19.2. The van der Waals surface area contributed by atoms with E-state index in [2.05, 4.69) is 41.4 Å². The van der Waals surface area contributed by atoms with Crippen LogP contribution in [0.2, 0.25) is 5.02 Å². The zero-order valence-corrected chi connectivity index (χ0v) is 29.7. The zero-order valence-electron chi connectivity index (χ0n) is 28.1. The van der Waals surface area contributed by atoms with Crippen LogP contribution in [-0.2, 0) is 16.6 Å². The van der Waals surface area contributed by atoms with Gasteiger partial charge in [0.15, 0.2) is 0 Å². The SMILES string of the molecule is CC(=O)N(CCCCCSc1ccc(Cl)c(CCC2(c3cnccc3-c3ccccc3OC3CC3)CC2)c1)C[C@H](O)[C@@H](O)[C@H](O)[C@H](O)CO. The number of carbonyl (C=O) groups is 1. The van der Waals surface area contributed by atoms with Crippen LogP contribution in [0.25, 0.3) is 11.1 Å². The highest BCUT2D eigenvalue weighted by molar-refractivity contribution is 7.99. The van der Waals surface area contributed by atoms with Crippen molar-refractivity contribution in [1.82, 2.24) is 9.88 Å². The van der Waals surface area contributed by atoms with E-state index in [-0.39, 0.29) is 17.9 Å². The lowest BCUT2D eigenvalue weighted by Crippen LogP contribution is -2.50. The lowest BCUT2D eigenvalue weighted by molar-refractivity contribution is -0.138. The van der Waals surface area contributed by atoms with Gasteiger partial charge in [0, 0.05) is 47.9 Å². The molecule has 0 saturated heterocycles. The summed E-state index contributed by atoms with van der Waals surface area (Å²) < 4.78 is 6.27. The minimum Gasteiger partial charge on any atom is -0.490 e. The Bertz CT molecular complexity index is 1540. The first-order valence-corrected chi connectivity index (χ1v) is 18.7. The van der Waals surface area contributed by atoms with Crippen molar-refractivity contribution in [2.75, 3.05) is 25.4 Å². The van der Waals surface area contributed by atoms with E-state index >= 15 is 0 Å². The fraction of sp³-hybridized carbons (Fsp3) is 0.526. The molecular weight excluding hydrogens is 664 g/mol. The smallest absolute Gasteiger partial charge is 0.219 e. The van der Waals surface area contributed by atoms with Gasteiger partial charge in [-0.1, -0.05) is 36.2 Å². The van der Waals surface area contributed by atoms with Crippen LogP contribution in [0.3, 0.4) is 0 Å². The Balaban J connectivity index is 1.10. The third-order valence-electron chi connectivity index (χ3n) is 9.65. The van der Waals surface area contributed by atoms with Gasteiger partial charge in [-0.25, -0.2) is 0 Å². The van der Waals surface area contributed by atoms with E-state index in [0.29, 0.717) is 19.1 Å². The molecular formula is C38H49ClN2O7S. The summed E-state index contributed by atoms with van der Waals surface area (Å²) in [6, 6.07) is 16.7. The summed E-state index contributed by atoms with van der Waals surface area (Å²) in [6.07, 6.45) is 6.65. The molecule has 1 heterocycles. The second kappa shape index (κ2) is 17.5. The van der Waals surface area contributed by atoms with Crippen molar-refractivity contribution >= 4 is 29.3 Å². The van der Waals surface area contributed by atoms with Gasteiger partial charge in [-0.3, -0.25) is 9.78 Å². The fourth-order valence-corrected chi connectivity index (χ4v) is 7.45. The van der Waals surface area contributed by atoms with E-state index < -0.39 is 31.0 Å². The molecule has 1 amide bonds. The number of aliphatic hydroxyl groups excluding tert-OH is 5. The number of para-hydroxylation sites is 1. The molecule has 5 N–H and O–H groups in total. The maximum atomic E-state index is 12.1. The Labute approximate surface area is 298 Å². The third-order valence-corrected chi connectivity index (χ3v) is 11.1. The maximum absolute atomic E-state index is 12.1. The molecule has 0 unspecified atom stereocenters. The van der Waals surface area contributed by atoms with Crippen molar-refractivity contribution in [2.45, 2.75) is 106 Å². The molecule has 0 spiro atoms. The Morgan fingerprint density at radius 3 is 2.49 bits per heavy atom. The Kier molecular flexibility index (Phi) is 13.4. The lowest BCUT2D eigenvalue weighted by atomic mass is 9.85.